The number of hydrogen-bond donors (Lipinski definition) is 0. The van der Waals surface area contributed by atoms with Crippen molar-refractivity contribution in [2.45, 2.75) is 65.4 Å². The van der Waals surface area contributed by atoms with Crippen molar-refractivity contribution in [2.24, 2.45) is 5.92 Å². The van der Waals surface area contributed by atoms with Crippen LogP contribution in [-0.4, -0.2) is 51.6 Å². The monoisotopic (exact) mass is 602 g/mol. The molecule has 0 rings (SSSR count). The first-order valence-corrected chi connectivity index (χ1v) is 8.20. The van der Waals surface area contributed by atoms with Crippen molar-refractivity contribution in [3.05, 3.63) is 0 Å². The lowest BCUT2D eigenvalue weighted by molar-refractivity contribution is -0.463. The van der Waals surface area contributed by atoms with Crippen LogP contribution in [0.2, 0.25) is 0 Å². The largest absolute Gasteiger partial charge is 0.460 e. The van der Waals surface area contributed by atoms with Gasteiger partial charge in [-0.1, -0.05) is 36.4 Å². The molecule has 0 spiro atoms. The van der Waals surface area contributed by atoms with Crippen LogP contribution in [0.25, 0.3) is 0 Å². The third-order valence-electron chi connectivity index (χ3n) is 4.01. The van der Waals surface area contributed by atoms with Gasteiger partial charge in [-0.3, -0.25) is 0 Å². The molecule has 0 aliphatic heterocycles. The summed E-state index contributed by atoms with van der Waals surface area (Å²) >= 11 is 0.893. The summed E-state index contributed by atoms with van der Waals surface area (Å²) in [5.41, 5.74) is 0. The molecule has 0 radical (unpaired) electrons. The highest BCUT2D eigenvalue weighted by molar-refractivity contribution is 14.1. The Kier molecular flexibility index (Phi) is 7.44. The molecule has 0 aliphatic rings. The summed E-state index contributed by atoms with van der Waals surface area (Å²) in [6.45, 7) is 0.682. The fourth-order valence-electron chi connectivity index (χ4n) is 1.75. The summed E-state index contributed by atoms with van der Waals surface area (Å²) in [6, 6.07) is 0. The smallest absolute Gasteiger partial charge is 0.199 e. The van der Waals surface area contributed by atoms with Crippen LogP contribution in [-0.2, 0) is 0 Å². The van der Waals surface area contributed by atoms with Gasteiger partial charge < -0.3 is 0 Å². The first-order valence-electron chi connectivity index (χ1n) is 6.96. The minimum atomic E-state index is -8.58. The zero-order valence-corrected chi connectivity index (χ0v) is 16.1. The summed E-state index contributed by atoms with van der Waals surface area (Å²) in [5, 5.41) is 0. The van der Waals surface area contributed by atoms with Crippen LogP contribution < -0.4 is 0 Å². The maximum Gasteiger partial charge on any atom is 0.460 e. The van der Waals surface area contributed by atoms with E-state index in [1.165, 1.54) is 0 Å². The number of hydrogen-bond acceptors (Lipinski definition) is 0. The highest BCUT2D eigenvalue weighted by atomic mass is 127. The van der Waals surface area contributed by atoms with Crippen LogP contribution in [0.3, 0.4) is 0 Å². The van der Waals surface area contributed by atoms with E-state index in [-0.39, 0.29) is 6.92 Å². The molecule has 0 saturated carbocycles. The van der Waals surface area contributed by atoms with E-state index in [9.17, 15) is 74.6 Å². The number of rotatable bonds is 8. The normalized spacial score (nSPS) is 18.4. The molecular formula is C12H8F17I. The average molecular weight is 602 g/mol. The molecule has 0 amide bonds. The summed E-state index contributed by atoms with van der Waals surface area (Å²) in [5.74, 6) is -58.9. The first-order chi connectivity index (χ1) is 12.6. The molecule has 0 bridgehead atoms. The van der Waals surface area contributed by atoms with Gasteiger partial charge in [0, 0.05) is 9.84 Å². The number of alkyl halides is 18. The quantitative estimate of drug-likeness (QED) is 0.154. The number of halogens is 18. The Balaban J connectivity index is 6.77. The summed E-state index contributed by atoms with van der Waals surface area (Å²) in [7, 11) is 0. The Morgan fingerprint density at radius 2 is 0.667 bits per heavy atom. The zero-order chi connectivity index (χ0) is 25.2. The van der Waals surface area contributed by atoms with Gasteiger partial charge in [0.1, 0.15) is 0 Å². The van der Waals surface area contributed by atoms with Gasteiger partial charge in [0.15, 0.2) is 0 Å². The molecule has 0 aromatic rings. The molecule has 0 heterocycles. The van der Waals surface area contributed by atoms with E-state index in [1.54, 1.807) is 0 Å². The van der Waals surface area contributed by atoms with E-state index < -0.39 is 57.5 Å². The van der Waals surface area contributed by atoms with E-state index in [2.05, 4.69) is 0 Å². The predicted molar refractivity (Wildman–Crippen MR) is 73.3 cm³/mol. The van der Waals surface area contributed by atoms with Gasteiger partial charge in [0.05, 0.1) is 0 Å². The van der Waals surface area contributed by atoms with Crippen molar-refractivity contribution in [3.63, 3.8) is 0 Å². The van der Waals surface area contributed by atoms with Gasteiger partial charge in [-0.25, -0.2) is 0 Å². The topological polar surface area (TPSA) is 0 Å². The molecule has 0 aromatic carbocycles. The van der Waals surface area contributed by atoms with Crippen molar-refractivity contribution in [1.82, 2.24) is 0 Å². The van der Waals surface area contributed by atoms with Crippen LogP contribution in [0.5, 0.6) is 0 Å². The Bertz CT molecular complexity index is 617. The standard InChI is InChI=1S/C12H8F17I/c1-3(4(2)30)5(13,14)6(15,16)7(17,18)8(19,20)9(21,22)10(23,24)11(25,26)12(27,28)29/h3-4H,1-2H3. The molecule has 18 heteroatoms. The van der Waals surface area contributed by atoms with E-state index in [0.29, 0.717) is 6.92 Å². The molecule has 0 fully saturated rings. The molecule has 2 unspecified atom stereocenters. The lowest BCUT2D eigenvalue weighted by atomic mass is 9.85. The van der Waals surface area contributed by atoms with Crippen molar-refractivity contribution in [2.75, 3.05) is 0 Å². The summed E-state index contributed by atoms with van der Waals surface area (Å²) in [4.78, 5) is 0. The highest BCUT2D eigenvalue weighted by Crippen LogP contribution is 2.64. The van der Waals surface area contributed by atoms with E-state index in [4.69, 9.17) is 0 Å². The zero-order valence-electron chi connectivity index (χ0n) is 14.0. The van der Waals surface area contributed by atoms with Crippen molar-refractivity contribution >= 4 is 22.6 Å². The van der Waals surface area contributed by atoms with Gasteiger partial charge in [-0.15, -0.1) is 0 Å². The van der Waals surface area contributed by atoms with Gasteiger partial charge >= 0.3 is 47.6 Å². The van der Waals surface area contributed by atoms with Crippen molar-refractivity contribution in [3.8, 4) is 0 Å². The summed E-state index contributed by atoms with van der Waals surface area (Å²) in [6.07, 6.45) is -7.75. The van der Waals surface area contributed by atoms with E-state index in [1.807, 2.05) is 0 Å². The Hall–Kier alpha value is -0.460. The lowest BCUT2D eigenvalue weighted by Crippen LogP contribution is -2.75. The SMILES string of the molecule is CC(I)C(C)C(F)(F)C(F)(F)C(F)(F)C(F)(F)C(F)(F)C(F)(F)C(F)(F)C(F)(F)F. The second kappa shape index (κ2) is 7.55. The Morgan fingerprint density at radius 1 is 0.433 bits per heavy atom. The fourth-order valence-corrected chi connectivity index (χ4v) is 2.20. The molecule has 0 N–H and O–H groups in total. The van der Waals surface area contributed by atoms with Gasteiger partial charge in [-0.05, 0) is 0 Å². The maximum atomic E-state index is 13.7. The Morgan fingerprint density at radius 3 is 0.900 bits per heavy atom. The highest BCUT2D eigenvalue weighted by Gasteiger charge is 2.95. The van der Waals surface area contributed by atoms with E-state index >= 15 is 0 Å². The minimum absolute atomic E-state index is 0.0454. The molecule has 0 nitrogen and oxygen atoms in total. The van der Waals surface area contributed by atoms with Crippen LogP contribution in [0.1, 0.15) is 13.8 Å². The third kappa shape index (κ3) is 3.69. The molecular weight excluding hydrogens is 594 g/mol. The van der Waals surface area contributed by atoms with E-state index in [0.717, 1.165) is 22.6 Å². The maximum absolute atomic E-state index is 13.7. The first kappa shape index (κ1) is 29.5. The molecule has 30 heavy (non-hydrogen) atoms. The van der Waals surface area contributed by atoms with Crippen molar-refractivity contribution < 1.29 is 74.6 Å². The predicted octanol–water partition coefficient (Wildman–Crippen LogP) is 7.46. The molecule has 0 aromatic heterocycles. The van der Waals surface area contributed by atoms with Gasteiger partial charge in [0.25, 0.3) is 0 Å². The van der Waals surface area contributed by atoms with Crippen LogP contribution in [0.15, 0.2) is 0 Å². The Labute approximate surface area is 169 Å². The fraction of sp³-hybridized carbons (Fsp3) is 1.00. The van der Waals surface area contributed by atoms with Crippen LogP contribution in [0, 0.1) is 5.92 Å². The molecule has 2 atom stereocenters. The third-order valence-corrected chi connectivity index (χ3v) is 5.09. The van der Waals surface area contributed by atoms with Crippen LogP contribution >= 0.6 is 22.6 Å². The molecule has 0 aliphatic carbocycles. The van der Waals surface area contributed by atoms with Gasteiger partial charge in [-0.2, -0.15) is 74.6 Å². The second-order valence-electron chi connectivity index (χ2n) is 6.03. The van der Waals surface area contributed by atoms with Gasteiger partial charge in [0.2, 0.25) is 0 Å². The second-order valence-corrected chi connectivity index (χ2v) is 8.00. The average Bonchev–Trinajstić information content (AvgIpc) is 2.51. The molecule has 0 saturated heterocycles. The minimum Gasteiger partial charge on any atom is -0.199 e. The summed E-state index contributed by atoms with van der Waals surface area (Å²) < 4.78 is 220. The van der Waals surface area contributed by atoms with Crippen molar-refractivity contribution in [1.29, 1.82) is 0 Å². The lowest BCUT2D eigenvalue weighted by Gasteiger charge is -2.44. The van der Waals surface area contributed by atoms with Crippen LogP contribution in [0.4, 0.5) is 74.6 Å². The molecule has 182 valence electrons.